The van der Waals surface area contributed by atoms with E-state index >= 15 is 0 Å². The van der Waals surface area contributed by atoms with Gasteiger partial charge < -0.3 is 16.2 Å². The second-order valence-corrected chi connectivity index (χ2v) is 6.00. The van der Waals surface area contributed by atoms with Crippen molar-refractivity contribution in [3.05, 3.63) is 27.2 Å². The maximum atomic E-state index is 12.3. The number of carbonyl (C=O) groups is 1. The molecule has 4 nitrogen and oxygen atoms in total. The minimum atomic E-state index is -0.444. The van der Waals surface area contributed by atoms with Gasteiger partial charge in [-0.25, -0.2) is 0 Å². The molecule has 1 aliphatic carbocycles. The van der Waals surface area contributed by atoms with Gasteiger partial charge in [-0.05, 0) is 50.3 Å². The number of nitrogens with one attached hydrogen (secondary N) is 1. The van der Waals surface area contributed by atoms with Gasteiger partial charge in [-0.3, -0.25) is 4.79 Å². The number of hydrogen-bond donors (Lipinski definition) is 3. The van der Waals surface area contributed by atoms with Crippen molar-refractivity contribution in [2.45, 2.75) is 45.3 Å². The fourth-order valence-corrected chi connectivity index (χ4v) is 2.96. The largest absolute Gasteiger partial charge is 0.398 e. The van der Waals surface area contributed by atoms with Gasteiger partial charge in [0.1, 0.15) is 0 Å². The van der Waals surface area contributed by atoms with Crippen molar-refractivity contribution < 1.29 is 9.90 Å². The molecule has 0 aromatic heterocycles. The standard InChI is InChI=1S/C14H19BrN2O2/c1-7-8(2)13(16)9(6-10(7)15)14(19)17-11-4-3-5-12(11)18/h6,11-12,18H,3-5,16H2,1-2H3,(H,17,19). The molecule has 1 aliphatic rings. The van der Waals surface area contributed by atoms with Crippen LogP contribution in [-0.2, 0) is 0 Å². The number of aliphatic hydroxyl groups is 1. The van der Waals surface area contributed by atoms with Gasteiger partial charge in [0.25, 0.3) is 5.91 Å². The third kappa shape index (κ3) is 2.77. The smallest absolute Gasteiger partial charge is 0.253 e. The number of rotatable bonds is 2. The van der Waals surface area contributed by atoms with E-state index in [0.29, 0.717) is 11.3 Å². The van der Waals surface area contributed by atoms with E-state index in [4.69, 9.17) is 5.73 Å². The van der Waals surface area contributed by atoms with Crippen LogP contribution in [0.1, 0.15) is 40.7 Å². The number of carbonyl (C=O) groups excluding carboxylic acids is 1. The average Bonchev–Trinajstić information content (AvgIpc) is 2.77. The molecule has 0 bridgehead atoms. The second kappa shape index (κ2) is 5.51. The number of halogens is 1. The molecule has 2 atom stereocenters. The molecule has 4 N–H and O–H groups in total. The minimum Gasteiger partial charge on any atom is -0.398 e. The molecular weight excluding hydrogens is 308 g/mol. The Kier molecular flexibility index (Phi) is 4.16. The molecule has 0 heterocycles. The summed E-state index contributed by atoms with van der Waals surface area (Å²) in [6.45, 7) is 3.86. The highest BCUT2D eigenvalue weighted by Crippen LogP contribution is 2.28. The van der Waals surface area contributed by atoms with Crippen LogP contribution < -0.4 is 11.1 Å². The Bertz CT molecular complexity index is 517. The Morgan fingerprint density at radius 1 is 1.42 bits per heavy atom. The van der Waals surface area contributed by atoms with E-state index in [1.807, 2.05) is 13.8 Å². The summed E-state index contributed by atoms with van der Waals surface area (Å²) in [5.74, 6) is -0.216. The normalized spacial score (nSPS) is 22.5. The molecule has 5 heteroatoms. The van der Waals surface area contributed by atoms with E-state index in [0.717, 1.165) is 34.9 Å². The SMILES string of the molecule is Cc1c(Br)cc(C(=O)NC2CCCC2O)c(N)c1C. The van der Waals surface area contributed by atoms with Crippen molar-refractivity contribution in [1.29, 1.82) is 0 Å². The second-order valence-electron chi connectivity index (χ2n) is 5.15. The van der Waals surface area contributed by atoms with Gasteiger partial charge >= 0.3 is 0 Å². The molecular formula is C14H19BrN2O2. The Morgan fingerprint density at radius 2 is 2.11 bits per heavy atom. The maximum Gasteiger partial charge on any atom is 0.253 e. The van der Waals surface area contributed by atoms with Crippen molar-refractivity contribution in [1.82, 2.24) is 5.32 Å². The summed E-state index contributed by atoms with van der Waals surface area (Å²) in [7, 11) is 0. The number of benzene rings is 1. The lowest BCUT2D eigenvalue weighted by Crippen LogP contribution is -2.40. The molecule has 19 heavy (non-hydrogen) atoms. The van der Waals surface area contributed by atoms with Crippen LogP contribution in [0.3, 0.4) is 0 Å². The predicted octanol–water partition coefficient (Wildman–Crippen LogP) is 2.29. The molecule has 1 aromatic carbocycles. The number of nitrogen functional groups attached to an aromatic ring is 1. The molecule has 0 radical (unpaired) electrons. The molecule has 104 valence electrons. The van der Waals surface area contributed by atoms with E-state index < -0.39 is 6.10 Å². The van der Waals surface area contributed by atoms with Crippen LogP contribution in [-0.4, -0.2) is 23.2 Å². The summed E-state index contributed by atoms with van der Waals surface area (Å²) >= 11 is 3.44. The lowest BCUT2D eigenvalue weighted by Gasteiger charge is -2.18. The van der Waals surface area contributed by atoms with Crippen LogP contribution in [0.25, 0.3) is 0 Å². The molecule has 2 unspecified atom stereocenters. The van der Waals surface area contributed by atoms with Crippen LogP contribution >= 0.6 is 15.9 Å². The summed E-state index contributed by atoms with van der Waals surface area (Å²) in [4.78, 5) is 12.3. The minimum absolute atomic E-state index is 0.160. The topological polar surface area (TPSA) is 75.3 Å². The highest BCUT2D eigenvalue weighted by molar-refractivity contribution is 9.10. The zero-order valence-electron chi connectivity index (χ0n) is 11.2. The van der Waals surface area contributed by atoms with Crippen LogP contribution in [0, 0.1) is 13.8 Å². The quantitative estimate of drug-likeness (QED) is 0.730. The van der Waals surface area contributed by atoms with Gasteiger partial charge in [0.05, 0.1) is 17.7 Å². The monoisotopic (exact) mass is 326 g/mol. The predicted molar refractivity (Wildman–Crippen MR) is 79.1 cm³/mol. The summed E-state index contributed by atoms with van der Waals surface area (Å²) in [6.07, 6.45) is 2.06. The molecule has 1 aromatic rings. The number of nitrogens with two attached hydrogens (primary N) is 1. The summed E-state index contributed by atoms with van der Waals surface area (Å²) in [5, 5.41) is 12.6. The number of anilines is 1. The van der Waals surface area contributed by atoms with Gasteiger partial charge in [0.2, 0.25) is 0 Å². The molecule has 1 amide bonds. The fraction of sp³-hybridized carbons (Fsp3) is 0.500. The van der Waals surface area contributed by atoms with Gasteiger partial charge in [-0.1, -0.05) is 15.9 Å². The Hall–Kier alpha value is -1.07. The number of aliphatic hydroxyl groups excluding tert-OH is 1. The van der Waals surface area contributed by atoms with Crippen molar-refractivity contribution in [2.75, 3.05) is 5.73 Å². The Balaban J connectivity index is 2.24. The lowest BCUT2D eigenvalue weighted by atomic mass is 10.0. The van der Waals surface area contributed by atoms with Crippen molar-refractivity contribution >= 4 is 27.5 Å². The Morgan fingerprint density at radius 3 is 2.68 bits per heavy atom. The number of hydrogen-bond acceptors (Lipinski definition) is 3. The van der Waals surface area contributed by atoms with E-state index in [1.165, 1.54) is 0 Å². The third-order valence-electron chi connectivity index (χ3n) is 3.93. The van der Waals surface area contributed by atoms with Crippen LogP contribution in [0.2, 0.25) is 0 Å². The van der Waals surface area contributed by atoms with Crippen molar-refractivity contribution in [3.63, 3.8) is 0 Å². The molecule has 1 saturated carbocycles. The van der Waals surface area contributed by atoms with Crippen LogP contribution in [0.4, 0.5) is 5.69 Å². The van der Waals surface area contributed by atoms with Gasteiger partial charge in [-0.2, -0.15) is 0 Å². The van der Waals surface area contributed by atoms with Crippen molar-refractivity contribution in [3.8, 4) is 0 Å². The van der Waals surface area contributed by atoms with E-state index in [2.05, 4.69) is 21.2 Å². The highest BCUT2D eigenvalue weighted by atomic mass is 79.9. The third-order valence-corrected chi connectivity index (χ3v) is 4.75. The van der Waals surface area contributed by atoms with Gasteiger partial charge in [0.15, 0.2) is 0 Å². The zero-order valence-corrected chi connectivity index (χ0v) is 12.8. The van der Waals surface area contributed by atoms with E-state index in [1.54, 1.807) is 6.07 Å². The van der Waals surface area contributed by atoms with Gasteiger partial charge in [-0.15, -0.1) is 0 Å². The molecule has 2 rings (SSSR count). The van der Waals surface area contributed by atoms with Crippen LogP contribution in [0.15, 0.2) is 10.5 Å². The first-order chi connectivity index (χ1) is 8.91. The summed E-state index contributed by atoms with van der Waals surface area (Å²) in [6, 6.07) is 1.58. The van der Waals surface area contributed by atoms with Crippen molar-refractivity contribution in [2.24, 2.45) is 0 Å². The average molecular weight is 327 g/mol. The summed E-state index contributed by atoms with van der Waals surface area (Å²) < 4.78 is 0.872. The highest BCUT2D eigenvalue weighted by Gasteiger charge is 2.27. The molecule has 0 spiro atoms. The molecule has 1 fully saturated rings. The summed E-state index contributed by atoms with van der Waals surface area (Å²) in [5.41, 5.74) is 8.94. The first-order valence-electron chi connectivity index (χ1n) is 6.46. The van der Waals surface area contributed by atoms with E-state index in [9.17, 15) is 9.90 Å². The maximum absolute atomic E-state index is 12.3. The fourth-order valence-electron chi connectivity index (χ4n) is 2.44. The van der Waals surface area contributed by atoms with Crippen LogP contribution in [0.5, 0.6) is 0 Å². The van der Waals surface area contributed by atoms with E-state index in [-0.39, 0.29) is 11.9 Å². The van der Waals surface area contributed by atoms with Gasteiger partial charge in [0, 0.05) is 10.2 Å². The lowest BCUT2D eigenvalue weighted by molar-refractivity contribution is 0.0874. The first-order valence-corrected chi connectivity index (χ1v) is 7.25. The first kappa shape index (κ1) is 14.3. The molecule has 0 aliphatic heterocycles. The Labute approximate surface area is 121 Å². The number of amides is 1. The zero-order chi connectivity index (χ0) is 14.2. The molecule has 0 saturated heterocycles.